The first-order valence-electron chi connectivity index (χ1n) is 7.94. The Morgan fingerprint density at radius 3 is 2.59 bits per heavy atom. The van der Waals surface area contributed by atoms with Crippen LogP contribution in [-0.4, -0.2) is 20.5 Å². The highest BCUT2D eigenvalue weighted by Crippen LogP contribution is 2.30. The summed E-state index contributed by atoms with van der Waals surface area (Å²) in [5.41, 5.74) is 1.02. The van der Waals surface area contributed by atoms with E-state index in [1.807, 2.05) is 6.07 Å². The van der Waals surface area contributed by atoms with E-state index in [-0.39, 0.29) is 11.9 Å². The molecule has 5 nitrogen and oxygen atoms in total. The van der Waals surface area contributed by atoms with Crippen LogP contribution in [-0.2, 0) is 0 Å². The number of nitrogens with zero attached hydrogens (tertiary/aromatic N) is 3. The number of halogens is 2. The molecule has 0 fully saturated rings. The fraction of sp³-hybridized carbons (Fsp3) is 0. The Labute approximate surface area is 157 Å². The van der Waals surface area contributed by atoms with Gasteiger partial charge in [-0.1, -0.05) is 30.0 Å². The molecule has 0 aliphatic rings. The molecule has 0 atom stereocenters. The second-order valence-corrected chi connectivity index (χ2v) is 6.73. The number of pyridine rings is 1. The molecule has 0 saturated heterocycles. The van der Waals surface area contributed by atoms with E-state index in [1.165, 1.54) is 12.1 Å². The van der Waals surface area contributed by atoms with Crippen LogP contribution in [0.5, 0.6) is 0 Å². The molecule has 0 bridgehead atoms. The lowest BCUT2D eigenvalue weighted by atomic mass is 10.2. The summed E-state index contributed by atoms with van der Waals surface area (Å²) in [5.74, 6) is -1.33. The molecule has 0 unspecified atom stereocenters. The van der Waals surface area contributed by atoms with Crippen molar-refractivity contribution < 1.29 is 13.6 Å². The zero-order chi connectivity index (χ0) is 18.8. The van der Waals surface area contributed by atoms with Crippen LogP contribution < -0.4 is 5.32 Å². The van der Waals surface area contributed by atoms with E-state index < -0.39 is 11.6 Å². The predicted molar refractivity (Wildman–Crippen MR) is 97.9 cm³/mol. The first kappa shape index (κ1) is 17.2. The second-order valence-electron chi connectivity index (χ2n) is 5.61. The predicted octanol–water partition coefficient (Wildman–Crippen LogP) is 4.41. The van der Waals surface area contributed by atoms with Crippen molar-refractivity contribution in [2.24, 2.45) is 0 Å². The van der Waals surface area contributed by atoms with E-state index in [0.717, 1.165) is 17.8 Å². The Bertz CT molecular complexity index is 1130. The molecule has 0 aliphatic heterocycles. The summed E-state index contributed by atoms with van der Waals surface area (Å²) in [7, 11) is 0. The van der Waals surface area contributed by atoms with Gasteiger partial charge < -0.3 is 0 Å². The molecule has 8 heteroatoms. The van der Waals surface area contributed by atoms with Crippen molar-refractivity contribution in [2.45, 2.75) is 9.79 Å². The minimum absolute atomic E-state index is 0.251. The van der Waals surface area contributed by atoms with Gasteiger partial charge in [0.1, 0.15) is 11.6 Å². The fourth-order valence-electron chi connectivity index (χ4n) is 2.47. The van der Waals surface area contributed by atoms with Crippen LogP contribution in [0.25, 0.3) is 5.65 Å². The first-order valence-corrected chi connectivity index (χ1v) is 8.76. The van der Waals surface area contributed by atoms with Crippen LogP contribution in [0.15, 0.2) is 76.7 Å². The van der Waals surface area contributed by atoms with Crippen molar-refractivity contribution in [3.05, 3.63) is 84.1 Å². The van der Waals surface area contributed by atoms with Gasteiger partial charge in [0.15, 0.2) is 5.65 Å². The van der Waals surface area contributed by atoms with E-state index >= 15 is 0 Å². The average Bonchev–Trinajstić information content (AvgIpc) is 3.07. The number of fused-ring (bicyclic) bond motifs is 1. The molecule has 1 amide bonds. The molecule has 0 aliphatic carbocycles. The minimum atomic E-state index is -0.638. The molecule has 134 valence electrons. The number of aromatic nitrogens is 3. The van der Waals surface area contributed by atoms with Gasteiger partial charge >= 0.3 is 0 Å². The van der Waals surface area contributed by atoms with E-state index in [1.54, 1.807) is 47.0 Å². The summed E-state index contributed by atoms with van der Waals surface area (Å²) in [4.78, 5) is 13.3. The maximum Gasteiger partial charge on any atom is 0.258 e. The standard InChI is InChI=1S/C19H12F2N4OS/c20-13-6-8-16(15(21)10-13)27-14-7-9-17-23-24-19(25(17)11-14)22-18(26)12-4-2-1-3-5-12/h1-11H,(H,22,24,26). The summed E-state index contributed by atoms with van der Waals surface area (Å²) in [6, 6.07) is 15.6. The summed E-state index contributed by atoms with van der Waals surface area (Å²) in [6.45, 7) is 0. The van der Waals surface area contributed by atoms with Gasteiger partial charge in [0.25, 0.3) is 5.91 Å². The van der Waals surface area contributed by atoms with Crippen molar-refractivity contribution in [1.82, 2.24) is 14.6 Å². The molecule has 0 radical (unpaired) electrons. The Kier molecular flexibility index (Phi) is 4.55. The molecule has 4 rings (SSSR count). The number of carbonyl (C=O) groups is 1. The molecule has 2 aromatic carbocycles. The van der Waals surface area contributed by atoms with Crippen molar-refractivity contribution in [2.75, 3.05) is 5.32 Å². The average molecular weight is 382 g/mol. The minimum Gasteiger partial charge on any atom is -0.290 e. The molecule has 2 heterocycles. The van der Waals surface area contributed by atoms with Crippen LogP contribution in [0.1, 0.15) is 10.4 Å². The second kappa shape index (κ2) is 7.16. The smallest absolute Gasteiger partial charge is 0.258 e. The highest BCUT2D eigenvalue weighted by molar-refractivity contribution is 7.99. The molecule has 0 spiro atoms. The zero-order valence-corrected chi connectivity index (χ0v) is 14.6. The van der Waals surface area contributed by atoms with Crippen molar-refractivity contribution in [3.8, 4) is 0 Å². The summed E-state index contributed by atoms with van der Waals surface area (Å²) in [5, 5.41) is 10.7. The number of hydrogen-bond acceptors (Lipinski definition) is 4. The molecular formula is C19H12F2N4OS. The molecule has 4 aromatic rings. The van der Waals surface area contributed by atoms with E-state index in [0.29, 0.717) is 21.0 Å². The zero-order valence-electron chi connectivity index (χ0n) is 13.8. The maximum atomic E-state index is 13.9. The molecular weight excluding hydrogens is 370 g/mol. The van der Waals surface area contributed by atoms with Gasteiger partial charge in [-0.2, -0.15) is 0 Å². The lowest BCUT2D eigenvalue weighted by molar-refractivity contribution is 0.102. The Morgan fingerprint density at radius 2 is 1.81 bits per heavy atom. The van der Waals surface area contributed by atoms with Crippen molar-refractivity contribution >= 4 is 29.3 Å². The maximum absolute atomic E-state index is 13.9. The Morgan fingerprint density at radius 1 is 1.00 bits per heavy atom. The highest BCUT2D eigenvalue weighted by atomic mass is 32.2. The van der Waals surface area contributed by atoms with Gasteiger partial charge in [0, 0.05) is 27.6 Å². The van der Waals surface area contributed by atoms with Crippen LogP contribution in [0.4, 0.5) is 14.7 Å². The number of anilines is 1. The van der Waals surface area contributed by atoms with Crippen LogP contribution in [0.3, 0.4) is 0 Å². The number of amides is 1. The number of benzene rings is 2. The number of nitrogens with one attached hydrogen (secondary N) is 1. The van der Waals surface area contributed by atoms with Gasteiger partial charge in [-0.3, -0.25) is 14.5 Å². The fourth-order valence-corrected chi connectivity index (χ4v) is 3.31. The topological polar surface area (TPSA) is 59.3 Å². The lowest BCUT2D eigenvalue weighted by Crippen LogP contribution is -2.14. The summed E-state index contributed by atoms with van der Waals surface area (Å²) < 4.78 is 28.5. The largest absolute Gasteiger partial charge is 0.290 e. The molecule has 0 saturated carbocycles. The third kappa shape index (κ3) is 3.65. The van der Waals surface area contributed by atoms with Gasteiger partial charge in [-0.15, -0.1) is 10.2 Å². The third-order valence-electron chi connectivity index (χ3n) is 3.76. The number of rotatable bonds is 4. The monoisotopic (exact) mass is 382 g/mol. The van der Waals surface area contributed by atoms with Crippen LogP contribution >= 0.6 is 11.8 Å². The van der Waals surface area contributed by atoms with Crippen molar-refractivity contribution in [3.63, 3.8) is 0 Å². The van der Waals surface area contributed by atoms with E-state index in [2.05, 4.69) is 15.5 Å². The number of hydrogen-bond donors (Lipinski definition) is 1. The summed E-state index contributed by atoms with van der Waals surface area (Å²) >= 11 is 1.13. The Balaban J connectivity index is 1.62. The molecule has 1 N–H and O–H groups in total. The van der Waals surface area contributed by atoms with Gasteiger partial charge in [-0.05, 0) is 36.4 Å². The highest BCUT2D eigenvalue weighted by Gasteiger charge is 2.12. The number of carbonyl (C=O) groups excluding carboxylic acids is 1. The first-order chi connectivity index (χ1) is 13.1. The molecule has 2 aromatic heterocycles. The van der Waals surface area contributed by atoms with E-state index in [9.17, 15) is 13.6 Å². The lowest BCUT2D eigenvalue weighted by Gasteiger charge is -2.06. The van der Waals surface area contributed by atoms with Crippen LogP contribution in [0.2, 0.25) is 0 Å². The van der Waals surface area contributed by atoms with Crippen LogP contribution in [0, 0.1) is 11.6 Å². The van der Waals surface area contributed by atoms with E-state index in [4.69, 9.17) is 0 Å². The molecule has 27 heavy (non-hydrogen) atoms. The third-order valence-corrected chi connectivity index (χ3v) is 4.79. The van der Waals surface area contributed by atoms with Gasteiger partial charge in [0.05, 0.1) is 0 Å². The SMILES string of the molecule is O=C(Nc1nnc2ccc(Sc3ccc(F)cc3F)cn12)c1ccccc1. The van der Waals surface area contributed by atoms with Gasteiger partial charge in [-0.25, -0.2) is 8.78 Å². The van der Waals surface area contributed by atoms with Crippen molar-refractivity contribution in [1.29, 1.82) is 0 Å². The Hall–Kier alpha value is -3.26. The quantitative estimate of drug-likeness (QED) is 0.568. The summed E-state index contributed by atoms with van der Waals surface area (Å²) in [6.07, 6.45) is 1.68. The normalized spacial score (nSPS) is 10.9. The van der Waals surface area contributed by atoms with Gasteiger partial charge in [0.2, 0.25) is 5.95 Å².